The predicted molar refractivity (Wildman–Crippen MR) is 41.2 cm³/mol. The molecule has 1 aromatic heterocycles. The molecule has 0 aliphatic heterocycles. The first-order chi connectivity index (χ1) is 6.94. The van der Waals surface area contributed by atoms with Crippen LogP contribution in [0.3, 0.4) is 0 Å². The van der Waals surface area contributed by atoms with Crippen LogP contribution in [-0.2, 0) is 5.91 Å². The van der Waals surface area contributed by atoms with Crippen molar-refractivity contribution in [2.75, 3.05) is 0 Å². The largest absolute Gasteiger partial charge is 0.820 e. The lowest BCUT2D eigenvalue weighted by Crippen LogP contribution is -2.55. The molecule has 1 aromatic rings. The lowest BCUT2D eigenvalue weighted by atomic mass is 10.6. The van der Waals surface area contributed by atoms with Gasteiger partial charge in [0.2, 0.25) is 14.8 Å². The van der Waals surface area contributed by atoms with E-state index in [9.17, 15) is 30.3 Å². The summed E-state index contributed by atoms with van der Waals surface area (Å²) in [5.41, 5.74) is 0. The van der Waals surface area contributed by atoms with Crippen molar-refractivity contribution in [1.29, 1.82) is 0 Å². The van der Waals surface area contributed by atoms with Gasteiger partial charge in [-0.25, -0.2) is 0 Å². The molecule has 1 heterocycles. The predicted octanol–water partition coefficient (Wildman–Crippen LogP) is -0.719. The highest BCUT2D eigenvalue weighted by Crippen LogP contribution is 2.17. The van der Waals surface area contributed by atoms with Crippen LogP contribution >= 0.6 is 0 Å². The standard InChI is InChI=1S/C4H3N5O6/c10-7(11)4(8(12)13,9(14)15)6-3-1-2-5-6/h1-3H. The Morgan fingerprint density at radius 1 is 1.07 bits per heavy atom. The molecule has 11 nitrogen and oxygen atoms in total. The average molecular weight is 217 g/mol. The molecule has 0 unspecified atom stereocenters. The molecular formula is C4H3N5O6. The second-order valence-corrected chi connectivity index (χ2v) is 2.32. The Hall–Kier alpha value is -2.59. The van der Waals surface area contributed by atoms with Crippen molar-refractivity contribution in [3.8, 4) is 0 Å². The van der Waals surface area contributed by atoms with E-state index in [0.717, 1.165) is 18.5 Å². The molecule has 11 heteroatoms. The quantitative estimate of drug-likeness (QED) is 0.367. The van der Waals surface area contributed by atoms with E-state index < -0.39 is 20.7 Å². The van der Waals surface area contributed by atoms with Crippen LogP contribution in [0.5, 0.6) is 0 Å². The maximum atomic E-state index is 10.5. The second-order valence-electron chi connectivity index (χ2n) is 2.32. The van der Waals surface area contributed by atoms with Gasteiger partial charge in [-0.15, -0.1) is 0 Å². The minimum Gasteiger partial charge on any atom is -0.251 e. The molecule has 0 radical (unpaired) electrons. The summed E-state index contributed by atoms with van der Waals surface area (Å²) in [5.74, 6) is -3.70. The third-order valence-corrected chi connectivity index (χ3v) is 1.55. The van der Waals surface area contributed by atoms with Crippen LogP contribution in [0.2, 0.25) is 0 Å². The summed E-state index contributed by atoms with van der Waals surface area (Å²) in [5, 5.41) is 34.5. The van der Waals surface area contributed by atoms with Gasteiger partial charge in [-0.1, -0.05) is 4.68 Å². The summed E-state index contributed by atoms with van der Waals surface area (Å²) in [6.45, 7) is 0. The molecule has 0 aromatic carbocycles. The molecule has 0 saturated carbocycles. The summed E-state index contributed by atoms with van der Waals surface area (Å²) < 4.78 is 0.0625. The van der Waals surface area contributed by atoms with Crippen LogP contribution in [0.25, 0.3) is 0 Å². The lowest BCUT2D eigenvalue weighted by molar-refractivity contribution is -1.01. The van der Waals surface area contributed by atoms with Crippen LogP contribution in [0, 0.1) is 30.3 Å². The van der Waals surface area contributed by atoms with E-state index in [1.807, 2.05) is 0 Å². The zero-order valence-corrected chi connectivity index (χ0v) is 6.92. The van der Waals surface area contributed by atoms with Crippen molar-refractivity contribution < 1.29 is 14.8 Å². The minimum atomic E-state index is -3.70. The van der Waals surface area contributed by atoms with Crippen molar-refractivity contribution in [1.82, 2.24) is 9.78 Å². The van der Waals surface area contributed by atoms with Crippen LogP contribution in [0.1, 0.15) is 0 Å². The first kappa shape index (κ1) is 10.5. The van der Waals surface area contributed by atoms with Crippen LogP contribution < -0.4 is 0 Å². The summed E-state index contributed by atoms with van der Waals surface area (Å²) in [7, 11) is 0. The topological polar surface area (TPSA) is 147 Å². The van der Waals surface area contributed by atoms with E-state index >= 15 is 0 Å². The Bertz CT molecular complexity index is 375. The maximum Gasteiger partial charge on any atom is 0.820 e. The van der Waals surface area contributed by atoms with Crippen LogP contribution in [0.4, 0.5) is 0 Å². The molecule has 0 aliphatic carbocycles. The zero-order chi connectivity index (χ0) is 11.6. The fraction of sp³-hybridized carbons (Fsp3) is 0.250. The minimum absolute atomic E-state index is 0.0625. The second kappa shape index (κ2) is 3.28. The van der Waals surface area contributed by atoms with Crippen molar-refractivity contribution >= 4 is 0 Å². The van der Waals surface area contributed by atoms with Gasteiger partial charge in [-0.2, -0.15) is 5.10 Å². The molecule has 0 atom stereocenters. The van der Waals surface area contributed by atoms with Gasteiger partial charge in [0, 0.05) is 12.4 Å². The fourth-order valence-corrected chi connectivity index (χ4v) is 0.897. The Kier molecular flexibility index (Phi) is 2.30. The molecule has 80 valence electrons. The number of nitrogens with zero attached hydrogens (tertiary/aromatic N) is 5. The molecule has 15 heavy (non-hydrogen) atoms. The molecule has 0 bridgehead atoms. The average Bonchev–Trinajstić information content (AvgIpc) is 2.55. The summed E-state index contributed by atoms with van der Waals surface area (Å²) in [6.07, 6.45) is 1.74. The number of aromatic nitrogens is 2. The SMILES string of the molecule is O=[N+]([O-])C(n1cccn1)([N+](=O)[O-])[N+](=O)[O-]. The lowest BCUT2D eigenvalue weighted by Gasteiger charge is -2.06. The monoisotopic (exact) mass is 217 g/mol. The molecule has 0 N–H and O–H groups in total. The number of hydrogen-bond acceptors (Lipinski definition) is 7. The summed E-state index contributed by atoms with van der Waals surface area (Å²) in [6, 6.07) is 1.10. The van der Waals surface area contributed by atoms with Gasteiger partial charge in [-0.05, 0) is 6.07 Å². The van der Waals surface area contributed by atoms with E-state index in [0.29, 0.717) is 0 Å². The molecule has 0 amide bonds. The first-order valence-electron chi connectivity index (χ1n) is 3.37. The molecule has 0 aliphatic rings. The van der Waals surface area contributed by atoms with Crippen LogP contribution in [-0.4, -0.2) is 24.6 Å². The van der Waals surface area contributed by atoms with Gasteiger partial charge in [0.15, 0.2) is 0 Å². The summed E-state index contributed by atoms with van der Waals surface area (Å²) >= 11 is 0. The molecular weight excluding hydrogens is 214 g/mol. The van der Waals surface area contributed by atoms with Crippen LogP contribution in [0.15, 0.2) is 18.5 Å². The van der Waals surface area contributed by atoms with Crippen molar-refractivity contribution in [2.45, 2.75) is 5.91 Å². The Balaban J connectivity index is 3.47. The Morgan fingerprint density at radius 3 is 1.80 bits per heavy atom. The first-order valence-corrected chi connectivity index (χ1v) is 3.37. The Labute approximate surface area is 80.4 Å². The highest BCUT2D eigenvalue weighted by atomic mass is 16.7. The molecule has 1 rings (SSSR count). The van der Waals surface area contributed by atoms with E-state index in [4.69, 9.17) is 0 Å². The zero-order valence-electron chi connectivity index (χ0n) is 6.92. The third kappa shape index (κ3) is 1.25. The van der Waals surface area contributed by atoms with Crippen molar-refractivity contribution in [3.05, 3.63) is 48.8 Å². The molecule has 0 saturated heterocycles. The van der Waals surface area contributed by atoms with Gasteiger partial charge in [-0.3, -0.25) is 30.3 Å². The van der Waals surface area contributed by atoms with Gasteiger partial charge in [0.1, 0.15) is 0 Å². The van der Waals surface area contributed by atoms with E-state index in [-0.39, 0.29) is 4.68 Å². The van der Waals surface area contributed by atoms with E-state index in [1.165, 1.54) is 0 Å². The molecule has 0 fully saturated rings. The number of nitro groups is 3. The van der Waals surface area contributed by atoms with Crippen molar-refractivity contribution in [2.24, 2.45) is 0 Å². The highest BCUT2D eigenvalue weighted by molar-refractivity contribution is 4.79. The van der Waals surface area contributed by atoms with Gasteiger partial charge in [0.25, 0.3) is 0 Å². The normalized spacial score (nSPS) is 10.9. The maximum absolute atomic E-state index is 10.5. The van der Waals surface area contributed by atoms with Gasteiger partial charge in [0.05, 0.1) is 0 Å². The number of hydrogen-bond donors (Lipinski definition) is 0. The smallest absolute Gasteiger partial charge is 0.251 e. The third-order valence-electron chi connectivity index (χ3n) is 1.55. The molecule has 0 spiro atoms. The fourth-order valence-electron chi connectivity index (χ4n) is 0.897. The van der Waals surface area contributed by atoms with E-state index in [2.05, 4.69) is 5.10 Å². The highest BCUT2D eigenvalue weighted by Gasteiger charge is 2.74. The van der Waals surface area contributed by atoms with Gasteiger partial charge < -0.3 is 0 Å². The summed E-state index contributed by atoms with van der Waals surface area (Å²) in [4.78, 5) is 26.5. The van der Waals surface area contributed by atoms with E-state index in [1.54, 1.807) is 0 Å². The Morgan fingerprint density at radius 2 is 1.53 bits per heavy atom. The van der Waals surface area contributed by atoms with Gasteiger partial charge >= 0.3 is 5.91 Å². The number of rotatable bonds is 4. The van der Waals surface area contributed by atoms with Crippen molar-refractivity contribution in [3.63, 3.8) is 0 Å².